The maximum Gasteiger partial charge on any atom is 0.341 e. The molecule has 1 aromatic carbocycles. The summed E-state index contributed by atoms with van der Waals surface area (Å²) in [4.78, 5) is 38.4. The van der Waals surface area contributed by atoms with Crippen molar-refractivity contribution in [2.45, 2.75) is 84.1 Å². The second kappa shape index (κ2) is 14.3. The average molecular weight is 532 g/mol. The Morgan fingerprint density at radius 1 is 0.947 bits per heavy atom. The summed E-state index contributed by atoms with van der Waals surface area (Å²) >= 11 is 0. The van der Waals surface area contributed by atoms with Crippen LogP contribution >= 0.6 is 0 Å². The van der Waals surface area contributed by atoms with Gasteiger partial charge in [-0.15, -0.1) is 0 Å². The lowest BCUT2D eigenvalue weighted by Gasteiger charge is -2.35. The van der Waals surface area contributed by atoms with Crippen LogP contribution in [-0.4, -0.2) is 64.3 Å². The number of piperazine rings is 1. The number of hydrogen-bond acceptors (Lipinski definition) is 5. The average Bonchev–Trinajstić information content (AvgIpc) is 3.74. The molecule has 8 nitrogen and oxygen atoms in total. The van der Waals surface area contributed by atoms with E-state index in [0.717, 1.165) is 58.4 Å². The summed E-state index contributed by atoms with van der Waals surface area (Å²) in [5.74, 6) is -2.40. The topological polar surface area (TPSA) is 103 Å². The first-order chi connectivity index (χ1) is 18.3. The number of fused-ring (bicyclic) bond motifs is 1. The molecular formula is C29H42FN3O5. The molecular weight excluding hydrogens is 489 g/mol. The molecule has 1 aliphatic heterocycles. The largest absolute Gasteiger partial charge is 0.481 e. The predicted octanol–water partition coefficient (Wildman–Crippen LogP) is 5.53. The smallest absolute Gasteiger partial charge is 0.341 e. The molecule has 4 rings (SSSR count). The number of anilines is 1. The lowest BCUT2D eigenvalue weighted by atomic mass is 10.1. The number of pyridine rings is 1. The van der Waals surface area contributed by atoms with Gasteiger partial charge in [0.15, 0.2) is 0 Å². The normalized spacial score (nSPS) is 15.8. The van der Waals surface area contributed by atoms with E-state index in [1.165, 1.54) is 44.4 Å². The summed E-state index contributed by atoms with van der Waals surface area (Å²) in [6.45, 7) is 8.51. The molecule has 9 heteroatoms. The van der Waals surface area contributed by atoms with Gasteiger partial charge in [0.25, 0.3) is 0 Å². The number of hydrogen-bond donors (Lipinski definition) is 2. The van der Waals surface area contributed by atoms with Gasteiger partial charge >= 0.3 is 11.9 Å². The molecule has 1 saturated heterocycles. The van der Waals surface area contributed by atoms with Crippen LogP contribution < -0.4 is 10.3 Å². The van der Waals surface area contributed by atoms with Crippen LogP contribution in [0.1, 0.15) is 94.5 Å². The fourth-order valence-corrected chi connectivity index (χ4v) is 4.95. The van der Waals surface area contributed by atoms with Crippen molar-refractivity contribution in [3.63, 3.8) is 0 Å². The highest BCUT2D eigenvalue weighted by atomic mass is 19.1. The standard InChI is InChI=1S/C19H22FN3O3.C10H20O2/c1-2-21-5-7-22(8-6-21)17-10-16-13(9-15(17)20)18(24)14(19(25)26)11-23(16)12-3-4-12;1-2-3-4-5-6-7-8-9-10(11)12/h9-12H,2-8H2,1H3,(H,25,26);2-9H2,1H3,(H,11,12). The Kier molecular flexibility index (Phi) is 11.1. The highest BCUT2D eigenvalue weighted by Gasteiger charge is 2.28. The molecule has 0 radical (unpaired) electrons. The third-order valence-electron chi connectivity index (χ3n) is 7.43. The van der Waals surface area contributed by atoms with Crippen molar-refractivity contribution in [3.05, 3.63) is 39.9 Å². The number of benzene rings is 1. The Morgan fingerprint density at radius 2 is 1.58 bits per heavy atom. The van der Waals surface area contributed by atoms with Gasteiger partial charge in [-0.25, -0.2) is 9.18 Å². The molecule has 2 aliphatic rings. The first-order valence-corrected chi connectivity index (χ1v) is 14.1. The second-order valence-electron chi connectivity index (χ2n) is 10.3. The van der Waals surface area contributed by atoms with Crippen LogP contribution in [0.3, 0.4) is 0 Å². The molecule has 38 heavy (non-hydrogen) atoms. The first kappa shape index (κ1) is 29.6. The molecule has 2 fully saturated rings. The van der Waals surface area contributed by atoms with E-state index >= 15 is 0 Å². The van der Waals surface area contributed by atoms with Crippen molar-refractivity contribution in [2.24, 2.45) is 0 Å². The molecule has 2 N–H and O–H groups in total. The number of carbonyl (C=O) groups is 2. The number of nitrogens with zero attached hydrogens (tertiary/aromatic N) is 3. The van der Waals surface area contributed by atoms with Crippen LogP contribution in [0, 0.1) is 5.82 Å². The molecule has 2 heterocycles. The van der Waals surface area contributed by atoms with E-state index in [1.807, 2.05) is 9.47 Å². The van der Waals surface area contributed by atoms with Crippen molar-refractivity contribution >= 4 is 28.5 Å². The predicted molar refractivity (Wildman–Crippen MR) is 148 cm³/mol. The van der Waals surface area contributed by atoms with E-state index in [1.54, 1.807) is 6.07 Å². The zero-order valence-corrected chi connectivity index (χ0v) is 22.8. The van der Waals surface area contributed by atoms with Crippen molar-refractivity contribution in [2.75, 3.05) is 37.6 Å². The van der Waals surface area contributed by atoms with Crippen molar-refractivity contribution in [1.82, 2.24) is 9.47 Å². The number of aromatic nitrogens is 1. The minimum absolute atomic E-state index is 0.144. The van der Waals surface area contributed by atoms with Crippen LogP contribution in [0.15, 0.2) is 23.1 Å². The van der Waals surface area contributed by atoms with Crippen LogP contribution in [-0.2, 0) is 4.79 Å². The van der Waals surface area contributed by atoms with Crippen molar-refractivity contribution < 1.29 is 24.2 Å². The quantitative estimate of drug-likeness (QED) is 0.347. The van der Waals surface area contributed by atoms with E-state index in [2.05, 4.69) is 18.7 Å². The monoisotopic (exact) mass is 531 g/mol. The van der Waals surface area contributed by atoms with Crippen LogP contribution in [0.4, 0.5) is 10.1 Å². The summed E-state index contributed by atoms with van der Waals surface area (Å²) < 4.78 is 16.6. The zero-order valence-electron chi connectivity index (χ0n) is 22.8. The van der Waals surface area contributed by atoms with Gasteiger partial charge in [0.2, 0.25) is 5.43 Å². The highest BCUT2D eigenvalue weighted by molar-refractivity contribution is 5.93. The Morgan fingerprint density at radius 3 is 2.13 bits per heavy atom. The third kappa shape index (κ3) is 8.03. The highest BCUT2D eigenvalue weighted by Crippen LogP contribution is 2.38. The van der Waals surface area contributed by atoms with Gasteiger partial charge in [-0.05, 0) is 37.9 Å². The number of likely N-dealkylation sites (N-methyl/N-ethyl adjacent to an activating group) is 1. The Bertz CT molecular complexity index is 1150. The number of halogens is 1. The Balaban J connectivity index is 0.000000284. The molecule has 1 aliphatic carbocycles. The molecule has 0 amide bonds. The summed E-state index contributed by atoms with van der Waals surface area (Å²) in [5.41, 5.74) is 0.195. The Labute approximate surface area is 224 Å². The van der Waals surface area contributed by atoms with Gasteiger partial charge in [0, 0.05) is 50.2 Å². The summed E-state index contributed by atoms with van der Waals surface area (Å²) in [7, 11) is 0. The van der Waals surface area contributed by atoms with Gasteiger partial charge in [-0.2, -0.15) is 0 Å². The number of aromatic carboxylic acids is 1. The summed E-state index contributed by atoms with van der Waals surface area (Å²) in [5, 5.41) is 17.8. The lowest BCUT2D eigenvalue weighted by molar-refractivity contribution is -0.137. The molecule has 2 aromatic rings. The maximum absolute atomic E-state index is 14.8. The summed E-state index contributed by atoms with van der Waals surface area (Å²) in [6, 6.07) is 3.12. The van der Waals surface area contributed by atoms with Gasteiger partial charge in [-0.1, -0.05) is 52.4 Å². The fraction of sp³-hybridized carbons (Fsp3) is 0.621. The van der Waals surface area contributed by atoms with Crippen molar-refractivity contribution in [3.8, 4) is 0 Å². The van der Waals surface area contributed by atoms with E-state index in [4.69, 9.17) is 5.11 Å². The van der Waals surface area contributed by atoms with E-state index in [9.17, 15) is 23.9 Å². The molecule has 0 spiro atoms. The molecule has 0 bridgehead atoms. The number of carboxylic acids is 2. The van der Waals surface area contributed by atoms with Crippen molar-refractivity contribution in [1.29, 1.82) is 0 Å². The van der Waals surface area contributed by atoms with E-state index in [-0.39, 0.29) is 17.0 Å². The number of rotatable bonds is 12. The maximum atomic E-state index is 14.8. The minimum Gasteiger partial charge on any atom is -0.481 e. The SMILES string of the molecule is CCCCCCCCCC(=O)O.CCN1CCN(c2cc3c(cc2F)c(=O)c(C(=O)O)cn3C2CC2)CC1. The molecule has 0 unspecified atom stereocenters. The van der Waals surface area contributed by atoms with E-state index in [0.29, 0.717) is 17.6 Å². The molecule has 1 aromatic heterocycles. The number of aliphatic carboxylic acids is 1. The van der Waals surface area contributed by atoms with E-state index < -0.39 is 23.2 Å². The Hall–Kier alpha value is -2.94. The fourth-order valence-electron chi connectivity index (χ4n) is 4.95. The minimum atomic E-state index is -1.27. The lowest BCUT2D eigenvalue weighted by Crippen LogP contribution is -2.46. The van der Waals surface area contributed by atoms with Crippen LogP contribution in [0.5, 0.6) is 0 Å². The molecule has 1 saturated carbocycles. The van der Waals surface area contributed by atoms with Gasteiger partial charge < -0.3 is 24.6 Å². The zero-order chi connectivity index (χ0) is 27.7. The first-order valence-electron chi connectivity index (χ1n) is 14.1. The number of unbranched alkanes of at least 4 members (excludes halogenated alkanes) is 6. The second-order valence-corrected chi connectivity index (χ2v) is 10.3. The summed E-state index contributed by atoms with van der Waals surface area (Å²) in [6.07, 6.45) is 11.9. The van der Waals surface area contributed by atoms with Crippen LogP contribution in [0.25, 0.3) is 10.9 Å². The van der Waals surface area contributed by atoms with Gasteiger partial charge in [0.05, 0.1) is 11.2 Å². The molecule has 210 valence electrons. The van der Waals surface area contributed by atoms with Gasteiger partial charge in [0.1, 0.15) is 11.4 Å². The number of carboxylic acid groups (broad SMARTS) is 2. The van der Waals surface area contributed by atoms with Crippen LogP contribution in [0.2, 0.25) is 0 Å². The molecule has 0 atom stereocenters. The van der Waals surface area contributed by atoms with Gasteiger partial charge in [-0.3, -0.25) is 9.59 Å². The third-order valence-corrected chi connectivity index (χ3v) is 7.43.